The van der Waals surface area contributed by atoms with E-state index in [1.807, 2.05) is 6.07 Å². The van der Waals surface area contributed by atoms with Crippen LogP contribution in [0.4, 0.5) is 0 Å². The van der Waals surface area contributed by atoms with Crippen LogP contribution >= 0.6 is 15.9 Å². The summed E-state index contributed by atoms with van der Waals surface area (Å²) in [5.41, 5.74) is 5.73. The van der Waals surface area contributed by atoms with Gasteiger partial charge in [0.05, 0.1) is 11.4 Å². The number of nitrogens with zero attached hydrogens (tertiary/aromatic N) is 2. The molecule has 1 aromatic carbocycles. The van der Waals surface area contributed by atoms with Gasteiger partial charge in [0.15, 0.2) is 0 Å². The van der Waals surface area contributed by atoms with Crippen molar-refractivity contribution >= 4 is 21.6 Å². The summed E-state index contributed by atoms with van der Waals surface area (Å²) in [5.74, 6) is 0.412. The van der Waals surface area contributed by atoms with Gasteiger partial charge in [0.1, 0.15) is 5.65 Å². The fourth-order valence-electron chi connectivity index (χ4n) is 2.54. The Bertz CT molecular complexity index is 758. The minimum absolute atomic E-state index is 0.412. The molecule has 2 heterocycles. The molecule has 0 spiro atoms. The minimum atomic E-state index is 0.412. The molecule has 0 N–H and O–H groups in total. The van der Waals surface area contributed by atoms with Crippen molar-refractivity contribution in [3.8, 4) is 11.3 Å². The Labute approximate surface area is 127 Å². The van der Waals surface area contributed by atoms with Gasteiger partial charge in [-0.2, -0.15) is 0 Å². The lowest BCUT2D eigenvalue weighted by Gasteiger charge is -2.09. The summed E-state index contributed by atoms with van der Waals surface area (Å²) in [6.07, 6.45) is 2.12. The van der Waals surface area contributed by atoms with E-state index in [0.717, 1.165) is 15.8 Å². The molecule has 0 aliphatic carbocycles. The van der Waals surface area contributed by atoms with Gasteiger partial charge in [-0.15, -0.1) is 0 Å². The number of fused-ring (bicyclic) bond motifs is 1. The molecule has 102 valence electrons. The van der Waals surface area contributed by atoms with Gasteiger partial charge in [-0.1, -0.05) is 44.2 Å². The maximum atomic E-state index is 4.85. The van der Waals surface area contributed by atoms with E-state index < -0.39 is 0 Å². The van der Waals surface area contributed by atoms with Gasteiger partial charge in [0.25, 0.3) is 0 Å². The first kappa shape index (κ1) is 13.4. The van der Waals surface area contributed by atoms with Gasteiger partial charge < -0.3 is 4.40 Å². The second-order valence-electron chi connectivity index (χ2n) is 5.40. The van der Waals surface area contributed by atoms with E-state index >= 15 is 0 Å². The van der Waals surface area contributed by atoms with E-state index in [1.165, 1.54) is 16.8 Å². The molecule has 0 atom stereocenters. The smallest absolute Gasteiger partial charge is 0.138 e. The standard InChI is InChI=1S/C17H17BrN2/c1-11(2)17-16(13-7-5-4-6-8-13)19-15-9-12(3)14(18)10-20(15)17/h4-11H,1-3H3. The first-order chi connectivity index (χ1) is 9.58. The maximum Gasteiger partial charge on any atom is 0.138 e. The molecule has 0 saturated carbocycles. The highest BCUT2D eigenvalue weighted by molar-refractivity contribution is 9.10. The summed E-state index contributed by atoms with van der Waals surface area (Å²) in [6.45, 7) is 6.52. The summed E-state index contributed by atoms with van der Waals surface area (Å²) in [5, 5.41) is 0. The van der Waals surface area contributed by atoms with Crippen molar-refractivity contribution in [1.29, 1.82) is 0 Å². The molecular weight excluding hydrogens is 312 g/mol. The van der Waals surface area contributed by atoms with E-state index in [9.17, 15) is 0 Å². The zero-order valence-corrected chi connectivity index (χ0v) is 13.5. The second kappa shape index (κ2) is 5.06. The van der Waals surface area contributed by atoms with Crippen molar-refractivity contribution in [2.75, 3.05) is 0 Å². The summed E-state index contributed by atoms with van der Waals surface area (Å²) in [6, 6.07) is 12.5. The lowest BCUT2D eigenvalue weighted by Crippen LogP contribution is -1.97. The summed E-state index contributed by atoms with van der Waals surface area (Å²) >= 11 is 3.62. The molecule has 0 bridgehead atoms. The maximum absolute atomic E-state index is 4.85. The fourth-order valence-corrected chi connectivity index (χ4v) is 2.86. The first-order valence-electron chi connectivity index (χ1n) is 6.81. The number of pyridine rings is 1. The Kier molecular flexibility index (Phi) is 3.38. The third kappa shape index (κ3) is 2.16. The molecule has 0 unspecified atom stereocenters. The SMILES string of the molecule is Cc1cc2nc(-c3ccccc3)c(C(C)C)n2cc1Br. The van der Waals surface area contributed by atoms with Gasteiger partial charge in [-0.25, -0.2) is 4.98 Å². The molecule has 0 aliphatic heterocycles. The lowest BCUT2D eigenvalue weighted by molar-refractivity contribution is 0.810. The van der Waals surface area contributed by atoms with Gasteiger partial charge in [-0.3, -0.25) is 0 Å². The van der Waals surface area contributed by atoms with E-state index in [2.05, 4.69) is 77.6 Å². The fraction of sp³-hybridized carbons (Fsp3) is 0.235. The number of halogens is 1. The monoisotopic (exact) mass is 328 g/mol. The predicted molar refractivity (Wildman–Crippen MR) is 87.2 cm³/mol. The Hall–Kier alpha value is -1.61. The Morgan fingerprint density at radius 3 is 2.50 bits per heavy atom. The average molecular weight is 329 g/mol. The third-order valence-corrected chi connectivity index (χ3v) is 4.36. The first-order valence-corrected chi connectivity index (χ1v) is 7.60. The highest BCUT2D eigenvalue weighted by Crippen LogP contribution is 2.31. The van der Waals surface area contributed by atoms with Crippen LogP contribution in [-0.4, -0.2) is 9.38 Å². The zero-order valence-electron chi connectivity index (χ0n) is 11.9. The topological polar surface area (TPSA) is 17.3 Å². The highest BCUT2D eigenvalue weighted by atomic mass is 79.9. The molecule has 3 aromatic rings. The Morgan fingerprint density at radius 2 is 1.85 bits per heavy atom. The Balaban J connectivity index is 2.35. The minimum Gasteiger partial charge on any atom is -0.302 e. The molecule has 0 saturated heterocycles. The molecule has 0 radical (unpaired) electrons. The molecule has 2 nitrogen and oxygen atoms in total. The number of benzene rings is 1. The lowest BCUT2D eigenvalue weighted by atomic mass is 10.0. The molecule has 3 rings (SSSR count). The quantitative estimate of drug-likeness (QED) is 0.632. The number of rotatable bonds is 2. The number of hydrogen-bond acceptors (Lipinski definition) is 1. The van der Waals surface area contributed by atoms with Crippen molar-refractivity contribution < 1.29 is 0 Å². The normalized spacial score (nSPS) is 11.4. The van der Waals surface area contributed by atoms with Crippen molar-refractivity contribution in [3.63, 3.8) is 0 Å². The van der Waals surface area contributed by atoms with Crippen LogP contribution in [0.1, 0.15) is 31.0 Å². The van der Waals surface area contributed by atoms with Crippen LogP contribution in [0, 0.1) is 6.92 Å². The summed E-state index contributed by atoms with van der Waals surface area (Å²) in [7, 11) is 0. The van der Waals surface area contributed by atoms with Crippen LogP contribution in [0.15, 0.2) is 47.1 Å². The van der Waals surface area contributed by atoms with Gasteiger partial charge in [-0.05, 0) is 40.4 Å². The molecule has 0 aliphatic rings. The van der Waals surface area contributed by atoms with E-state index in [1.54, 1.807) is 0 Å². The molecule has 0 amide bonds. The van der Waals surface area contributed by atoms with Crippen LogP contribution in [-0.2, 0) is 0 Å². The largest absolute Gasteiger partial charge is 0.302 e. The van der Waals surface area contributed by atoms with Crippen molar-refractivity contribution in [1.82, 2.24) is 9.38 Å². The highest BCUT2D eigenvalue weighted by Gasteiger charge is 2.17. The van der Waals surface area contributed by atoms with Crippen LogP contribution in [0.25, 0.3) is 16.9 Å². The average Bonchev–Trinajstić information content (AvgIpc) is 2.79. The number of imidazole rings is 1. The molecular formula is C17H17BrN2. The number of hydrogen-bond donors (Lipinski definition) is 0. The van der Waals surface area contributed by atoms with Crippen molar-refractivity contribution in [2.24, 2.45) is 0 Å². The van der Waals surface area contributed by atoms with Crippen LogP contribution in [0.5, 0.6) is 0 Å². The predicted octanol–water partition coefficient (Wildman–Crippen LogP) is 5.20. The van der Waals surface area contributed by atoms with Crippen molar-refractivity contribution in [2.45, 2.75) is 26.7 Å². The van der Waals surface area contributed by atoms with Gasteiger partial charge >= 0.3 is 0 Å². The van der Waals surface area contributed by atoms with E-state index in [0.29, 0.717) is 5.92 Å². The molecule has 0 fully saturated rings. The third-order valence-electron chi connectivity index (χ3n) is 3.53. The van der Waals surface area contributed by atoms with E-state index in [4.69, 9.17) is 4.98 Å². The van der Waals surface area contributed by atoms with Gasteiger partial charge in [0.2, 0.25) is 0 Å². The van der Waals surface area contributed by atoms with Crippen LogP contribution in [0.3, 0.4) is 0 Å². The molecule has 2 aromatic heterocycles. The summed E-state index contributed by atoms with van der Waals surface area (Å²) < 4.78 is 3.31. The number of aryl methyl sites for hydroxylation is 1. The molecule has 3 heteroatoms. The number of aromatic nitrogens is 2. The second-order valence-corrected chi connectivity index (χ2v) is 6.25. The molecule has 20 heavy (non-hydrogen) atoms. The van der Waals surface area contributed by atoms with Crippen molar-refractivity contribution in [3.05, 3.63) is 58.3 Å². The Morgan fingerprint density at radius 1 is 1.15 bits per heavy atom. The van der Waals surface area contributed by atoms with Crippen LogP contribution in [0.2, 0.25) is 0 Å². The van der Waals surface area contributed by atoms with Gasteiger partial charge in [0, 0.05) is 16.2 Å². The van der Waals surface area contributed by atoms with Crippen LogP contribution < -0.4 is 0 Å². The van der Waals surface area contributed by atoms with E-state index in [-0.39, 0.29) is 0 Å². The summed E-state index contributed by atoms with van der Waals surface area (Å²) in [4.78, 5) is 4.85. The zero-order chi connectivity index (χ0) is 14.3.